The van der Waals surface area contributed by atoms with Crippen LogP contribution in [0.1, 0.15) is 52.9 Å². The number of hydrogen-bond acceptors (Lipinski definition) is 3. The minimum Gasteiger partial charge on any atom is -0.378 e. The van der Waals surface area contributed by atoms with Gasteiger partial charge in [0.05, 0.1) is 6.10 Å². The summed E-state index contributed by atoms with van der Waals surface area (Å²) in [7, 11) is 0. The lowest BCUT2D eigenvalue weighted by Crippen LogP contribution is -2.44. The van der Waals surface area contributed by atoms with Crippen LogP contribution in [0.2, 0.25) is 0 Å². The van der Waals surface area contributed by atoms with E-state index in [1.54, 1.807) is 0 Å². The second-order valence-corrected chi connectivity index (χ2v) is 5.17. The van der Waals surface area contributed by atoms with Crippen molar-refractivity contribution in [2.24, 2.45) is 17.7 Å². The van der Waals surface area contributed by atoms with E-state index in [2.05, 4.69) is 26.2 Å². The minimum absolute atomic E-state index is 0.412. The molecule has 0 bridgehead atoms. The average molecular weight is 228 g/mol. The fourth-order valence-electron chi connectivity index (χ4n) is 2.96. The van der Waals surface area contributed by atoms with E-state index in [0.29, 0.717) is 18.1 Å². The lowest BCUT2D eigenvalue weighted by Gasteiger charge is -2.28. The van der Waals surface area contributed by atoms with Crippen molar-refractivity contribution in [1.29, 1.82) is 0 Å². The highest BCUT2D eigenvalue weighted by molar-refractivity contribution is 4.85. The SMILES string of the molecule is CCCC(C)CC(NN)C1CCOC1CC. The Hall–Kier alpha value is -0.120. The first-order valence-corrected chi connectivity index (χ1v) is 6.80. The summed E-state index contributed by atoms with van der Waals surface area (Å²) >= 11 is 0. The summed E-state index contributed by atoms with van der Waals surface area (Å²) in [6.07, 6.45) is 6.40. The molecule has 0 aromatic heterocycles. The van der Waals surface area contributed by atoms with Gasteiger partial charge in [0.25, 0.3) is 0 Å². The van der Waals surface area contributed by atoms with Gasteiger partial charge in [-0.25, -0.2) is 0 Å². The minimum atomic E-state index is 0.412. The van der Waals surface area contributed by atoms with Crippen LogP contribution in [0.15, 0.2) is 0 Å². The Labute approximate surface area is 100 Å². The molecule has 96 valence electrons. The number of ether oxygens (including phenoxy) is 1. The number of nitrogens with two attached hydrogens (primary N) is 1. The molecule has 1 saturated heterocycles. The van der Waals surface area contributed by atoms with Gasteiger partial charge in [0.1, 0.15) is 0 Å². The first kappa shape index (κ1) is 13.9. The monoisotopic (exact) mass is 228 g/mol. The van der Waals surface area contributed by atoms with Gasteiger partial charge < -0.3 is 4.74 Å². The maximum atomic E-state index is 5.74. The van der Waals surface area contributed by atoms with Crippen molar-refractivity contribution in [2.75, 3.05) is 6.61 Å². The third kappa shape index (κ3) is 3.72. The lowest BCUT2D eigenvalue weighted by molar-refractivity contribution is 0.0744. The van der Waals surface area contributed by atoms with E-state index in [4.69, 9.17) is 10.6 Å². The van der Waals surface area contributed by atoms with E-state index in [1.807, 2.05) is 0 Å². The summed E-state index contributed by atoms with van der Waals surface area (Å²) in [5.41, 5.74) is 3.02. The second kappa shape index (κ2) is 7.25. The average Bonchev–Trinajstić information content (AvgIpc) is 2.74. The molecule has 0 aromatic carbocycles. The number of hydrazine groups is 1. The van der Waals surface area contributed by atoms with Gasteiger partial charge in [-0.05, 0) is 25.2 Å². The van der Waals surface area contributed by atoms with Crippen LogP contribution in [-0.4, -0.2) is 18.8 Å². The van der Waals surface area contributed by atoms with Crippen LogP contribution in [-0.2, 0) is 4.74 Å². The van der Waals surface area contributed by atoms with Gasteiger partial charge in [-0.1, -0.05) is 33.6 Å². The molecule has 0 saturated carbocycles. The Morgan fingerprint density at radius 3 is 2.75 bits per heavy atom. The van der Waals surface area contributed by atoms with Gasteiger partial charge in [0.2, 0.25) is 0 Å². The molecule has 0 aliphatic carbocycles. The third-order valence-electron chi connectivity index (χ3n) is 3.83. The molecule has 3 heteroatoms. The maximum absolute atomic E-state index is 5.74. The van der Waals surface area contributed by atoms with Crippen molar-refractivity contribution in [3.05, 3.63) is 0 Å². The summed E-state index contributed by atoms with van der Waals surface area (Å²) in [5.74, 6) is 7.07. The fraction of sp³-hybridized carbons (Fsp3) is 1.00. The van der Waals surface area contributed by atoms with E-state index in [0.717, 1.165) is 25.4 Å². The van der Waals surface area contributed by atoms with E-state index in [1.165, 1.54) is 19.3 Å². The normalized spacial score (nSPS) is 29.2. The van der Waals surface area contributed by atoms with Crippen LogP contribution in [0.5, 0.6) is 0 Å². The Kier molecular flexibility index (Phi) is 6.32. The molecule has 1 fully saturated rings. The van der Waals surface area contributed by atoms with E-state index < -0.39 is 0 Å². The highest BCUT2D eigenvalue weighted by atomic mass is 16.5. The molecule has 1 aliphatic heterocycles. The van der Waals surface area contributed by atoms with Gasteiger partial charge in [0.15, 0.2) is 0 Å². The van der Waals surface area contributed by atoms with Crippen LogP contribution in [0.4, 0.5) is 0 Å². The molecule has 1 heterocycles. The molecule has 4 unspecified atom stereocenters. The van der Waals surface area contributed by atoms with Crippen molar-refractivity contribution in [3.63, 3.8) is 0 Å². The van der Waals surface area contributed by atoms with Crippen molar-refractivity contribution in [3.8, 4) is 0 Å². The smallest absolute Gasteiger partial charge is 0.0616 e. The Morgan fingerprint density at radius 2 is 2.19 bits per heavy atom. The van der Waals surface area contributed by atoms with E-state index in [-0.39, 0.29) is 0 Å². The molecule has 1 rings (SSSR count). The standard InChI is InChI=1S/C13H28N2O/c1-4-6-10(3)9-12(15-14)11-7-8-16-13(11)5-2/h10-13,15H,4-9,14H2,1-3H3. The van der Waals surface area contributed by atoms with E-state index in [9.17, 15) is 0 Å². The van der Waals surface area contributed by atoms with Crippen LogP contribution in [0.3, 0.4) is 0 Å². The van der Waals surface area contributed by atoms with Crippen molar-refractivity contribution >= 4 is 0 Å². The second-order valence-electron chi connectivity index (χ2n) is 5.17. The van der Waals surface area contributed by atoms with Gasteiger partial charge >= 0.3 is 0 Å². The molecule has 0 amide bonds. The molecule has 3 N–H and O–H groups in total. The Bertz CT molecular complexity index is 187. The van der Waals surface area contributed by atoms with Gasteiger partial charge in [0, 0.05) is 18.6 Å². The Balaban J connectivity index is 2.46. The van der Waals surface area contributed by atoms with Crippen LogP contribution in [0, 0.1) is 11.8 Å². The molecule has 1 aliphatic rings. The summed E-state index contributed by atoms with van der Waals surface area (Å²) in [5, 5.41) is 0. The quantitative estimate of drug-likeness (QED) is 0.520. The summed E-state index contributed by atoms with van der Waals surface area (Å²) in [6, 6.07) is 0.425. The zero-order valence-electron chi connectivity index (χ0n) is 11.0. The van der Waals surface area contributed by atoms with Crippen LogP contribution < -0.4 is 11.3 Å². The zero-order valence-corrected chi connectivity index (χ0v) is 11.0. The highest BCUT2D eigenvalue weighted by Gasteiger charge is 2.33. The molecule has 0 aromatic rings. The van der Waals surface area contributed by atoms with Crippen LogP contribution >= 0.6 is 0 Å². The molecule has 0 radical (unpaired) electrons. The van der Waals surface area contributed by atoms with Crippen molar-refractivity contribution in [1.82, 2.24) is 5.43 Å². The predicted octanol–water partition coefficient (Wildman–Crippen LogP) is 2.46. The van der Waals surface area contributed by atoms with Crippen LogP contribution in [0.25, 0.3) is 0 Å². The van der Waals surface area contributed by atoms with Crippen molar-refractivity contribution < 1.29 is 4.74 Å². The molecule has 4 atom stereocenters. The number of rotatable bonds is 7. The first-order chi connectivity index (χ1) is 7.72. The predicted molar refractivity (Wildman–Crippen MR) is 67.9 cm³/mol. The molecule has 0 spiro atoms. The summed E-state index contributed by atoms with van der Waals surface area (Å²) in [4.78, 5) is 0. The molecular weight excluding hydrogens is 200 g/mol. The first-order valence-electron chi connectivity index (χ1n) is 6.80. The van der Waals surface area contributed by atoms with Gasteiger partial charge in [-0.3, -0.25) is 11.3 Å². The summed E-state index contributed by atoms with van der Waals surface area (Å²) in [6.45, 7) is 7.68. The highest BCUT2D eigenvalue weighted by Crippen LogP contribution is 2.29. The fourth-order valence-corrected chi connectivity index (χ4v) is 2.96. The largest absolute Gasteiger partial charge is 0.378 e. The van der Waals surface area contributed by atoms with E-state index >= 15 is 0 Å². The zero-order chi connectivity index (χ0) is 12.0. The molecule has 16 heavy (non-hydrogen) atoms. The van der Waals surface area contributed by atoms with Crippen molar-refractivity contribution in [2.45, 2.75) is 65.0 Å². The third-order valence-corrected chi connectivity index (χ3v) is 3.83. The summed E-state index contributed by atoms with van der Waals surface area (Å²) < 4.78 is 5.74. The van der Waals surface area contributed by atoms with Gasteiger partial charge in [-0.2, -0.15) is 0 Å². The molecule has 3 nitrogen and oxygen atoms in total. The molecular formula is C13H28N2O. The topological polar surface area (TPSA) is 47.3 Å². The Morgan fingerprint density at radius 1 is 1.44 bits per heavy atom. The lowest BCUT2D eigenvalue weighted by atomic mass is 9.85. The number of hydrogen-bond donors (Lipinski definition) is 2. The number of nitrogens with one attached hydrogen (secondary N) is 1. The van der Waals surface area contributed by atoms with Gasteiger partial charge in [-0.15, -0.1) is 0 Å². The maximum Gasteiger partial charge on any atom is 0.0616 e.